The van der Waals surface area contributed by atoms with Gasteiger partial charge in [0.05, 0.1) is 12.0 Å². The summed E-state index contributed by atoms with van der Waals surface area (Å²) in [4.78, 5) is 24.1. The zero-order chi connectivity index (χ0) is 22.1. The summed E-state index contributed by atoms with van der Waals surface area (Å²) in [5.41, 5.74) is 0. The molecule has 0 aromatic rings. The van der Waals surface area contributed by atoms with E-state index >= 15 is 0 Å². The second-order valence-corrected chi connectivity index (χ2v) is 8.66. The van der Waals surface area contributed by atoms with Crippen molar-refractivity contribution in [1.82, 2.24) is 0 Å². The first-order chi connectivity index (χ1) is 14.3. The highest BCUT2D eigenvalue weighted by Gasteiger charge is 2.37. The molecule has 6 heteroatoms. The molecule has 6 nitrogen and oxygen atoms in total. The minimum atomic E-state index is -0.889. The molecule has 2 aliphatic rings. The highest BCUT2D eigenvalue weighted by atomic mass is 16.7. The van der Waals surface area contributed by atoms with Crippen molar-refractivity contribution in [3.05, 3.63) is 37.5 Å². The lowest BCUT2D eigenvalue weighted by Crippen LogP contribution is -2.27. The van der Waals surface area contributed by atoms with E-state index in [-0.39, 0.29) is 31.0 Å². The summed E-state index contributed by atoms with van der Waals surface area (Å²) in [5, 5.41) is 9.11. The molecule has 0 heterocycles. The molecule has 2 fully saturated rings. The Balaban J connectivity index is 1.77. The molecule has 168 valence electrons. The highest BCUT2D eigenvalue weighted by Crippen LogP contribution is 2.40. The normalized spacial score (nSPS) is 30.6. The Bertz CT molecular complexity index is 625. The lowest BCUT2D eigenvalue weighted by Gasteiger charge is -2.18. The van der Waals surface area contributed by atoms with E-state index in [0.29, 0.717) is 17.8 Å². The van der Waals surface area contributed by atoms with Crippen molar-refractivity contribution in [1.29, 1.82) is 0 Å². The molecule has 0 amide bonds. The van der Waals surface area contributed by atoms with Gasteiger partial charge in [0.15, 0.2) is 0 Å². The quantitative estimate of drug-likeness (QED) is 0.416. The monoisotopic (exact) mass is 420 g/mol. The SMILES string of the molecule is C=CC1CCC(/C=C\C2CC(C=C)C(C(=O)OCC(C)OC(=O)OCC(C)O)C2)C1. The van der Waals surface area contributed by atoms with Gasteiger partial charge in [-0.25, -0.2) is 4.79 Å². The predicted molar refractivity (Wildman–Crippen MR) is 115 cm³/mol. The number of ether oxygens (including phenoxy) is 3. The van der Waals surface area contributed by atoms with E-state index in [1.54, 1.807) is 6.92 Å². The van der Waals surface area contributed by atoms with Gasteiger partial charge in [-0.2, -0.15) is 0 Å². The van der Waals surface area contributed by atoms with Gasteiger partial charge in [0.1, 0.15) is 19.3 Å². The third kappa shape index (κ3) is 7.63. The van der Waals surface area contributed by atoms with Crippen LogP contribution in [0.4, 0.5) is 4.79 Å². The van der Waals surface area contributed by atoms with Gasteiger partial charge in [-0.1, -0.05) is 24.3 Å². The minimum absolute atomic E-state index is 0.0332. The average Bonchev–Trinajstić information content (AvgIpc) is 3.35. The Hall–Kier alpha value is -2.08. The molecular formula is C24H36O6. The van der Waals surface area contributed by atoms with Crippen molar-refractivity contribution < 1.29 is 28.9 Å². The lowest BCUT2D eigenvalue weighted by atomic mass is 9.96. The molecule has 2 saturated carbocycles. The third-order valence-corrected chi connectivity index (χ3v) is 5.96. The largest absolute Gasteiger partial charge is 0.508 e. The van der Waals surface area contributed by atoms with Crippen molar-refractivity contribution in [2.45, 2.75) is 58.2 Å². The summed E-state index contributed by atoms with van der Waals surface area (Å²) in [6.45, 7) is 10.7. The average molecular weight is 421 g/mol. The zero-order valence-corrected chi connectivity index (χ0v) is 18.2. The van der Waals surface area contributed by atoms with E-state index in [0.717, 1.165) is 12.8 Å². The molecule has 7 unspecified atom stereocenters. The molecule has 30 heavy (non-hydrogen) atoms. The number of allylic oxidation sites excluding steroid dienone is 4. The van der Waals surface area contributed by atoms with Crippen LogP contribution in [-0.2, 0) is 19.0 Å². The number of rotatable bonds is 10. The molecule has 0 aromatic carbocycles. The van der Waals surface area contributed by atoms with Gasteiger partial charge in [0, 0.05) is 0 Å². The zero-order valence-electron chi connectivity index (χ0n) is 18.2. The summed E-state index contributed by atoms with van der Waals surface area (Å²) >= 11 is 0. The number of carbonyl (C=O) groups excluding carboxylic acids is 2. The maximum atomic E-state index is 12.6. The van der Waals surface area contributed by atoms with Gasteiger partial charge in [-0.3, -0.25) is 4.79 Å². The van der Waals surface area contributed by atoms with Crippen molar-refractivity contribution in [2.24, 2.45) is 29.6 Å². The van der Waals surface area contributed by atoms with E-state index in [1.807, 2.05) is 6.08 Å². The Kier molecular flexibility index (Phi) is 9.63. The molecule has 0 bridgehead atoms. The predicted octanol–water partition coefficient (Wildman–Crippen LogP) is 4.44. The van der Waals surface area contributed by atoms with Crippen molar-refractivity contribution >= 4 is 12.1 Å². The molecule has 0 aliphatic heterocycles. The Morgan fingerprint density at radius 2 is 1.67 bits per heavy atom. The molecule has 2 aliphatic carbocycles. The standard InChI is InChI=1S/C24H36O6/c1-5-18-7-8-19(11-18)9-10-20-12-21(6-2)22(13-20)23(26)28-15-17(4)30-24(27)29-14-16(3)25/h5-6,9-10,16-22,25H,1-2,7-8,11-15H2,3-4H3/b10-9-. The third-order valence-electron chi connectivity index (χ3n) is 5.96. The fourth-order valence-electron chi connectivity index (χ4n) is 4.28. The van der Waals surface area contributed by atoms with E-state index in [2.05, 4.69) is 31.4 Å². The van der Waals surface area contributed by atoms with E-state index < -0.39 is 18.4 Å². The van der Waals surface area contributed by atoms with Crippen LogP contribution in [0.5, 0.6) is 0 Å². The van der Waals surface area contributed by atoms with E-state index in [9.17, 15) is 9.59 Å². The smallest absolute Gasteiger partial charge is 0.462 e. The number of esters is 1. The van der Waals surface area contributed by atoms with E-state index in [4.69, 9.17) is 19.3 Å². The Labute approximate surface area is 180 Å². The molecule has 2 rings (SSSR count). The van der Waals surface area contributed by atoms with Crippen LogP contribution in [-0.4, -0.2) is 42.7 Å². The van der Waals surface area contributed by atoms with Crippen LogP contribution >= 0.6 is 0 Å². The Morgan fingerprint density at radius 1 is 0.967 bits per heavy atom. The number of hydrogen-bond donors (Lipinski definition) is 1. The van der Waals surface area contributed by atoms with Crippen molar-refractivity contribution in [2.75, 3.05) is 13.2 Å². The van der Waals surface area contributed by atoms with Gasteiger partial charge >= 0.3 is 12.1 Å². The van der Waals surface area contributed by atoms with Crippen molar-refractivity contribution in [3.8, 4) is 0 Å². The minimum Gasteiger partial charge on any atom is -0.462 e. The van der Waals surface area contributed by atoms with Crippen LogP contribution in [0.25, 0.3) is 0 Å². The van der Waals surface area contributed by atoms with Crippen LogP contribution in [0.1, 0.15) is 46.0 Å². The van der Waals surface area contributed by atoms with Gasteiger partial charge in [-0.15, -0.1) is 13.2 Å². The molecule has 1 N–H and O–H groups in total. The molecule has 0 aromatic heterocycles. The maximum absolute atomic E-state index is 12.6. The first kappa shape index (κ1) is 24.2. The highest BCUT2D eigenvalue weighted by molar-refractivity contribution is 5.73. The van der Waals surface area contributed by atoms with Gasteiger partial charge in [0.25, 0.3) is 0 Å². The molecule has 0 spiro atoms. The molecule has 0 saturated heterocycles. The van der Waals surface area contributed by atoms with Crippen LogP contribution in [0.15, 0.2) is 37.5 Å². The second kappa shape index (κ2) is 11.9. The summed E-state index contributed by atoms with van der Waals surface area (Å²) in [7, 11) is 0. The lowest BCUT2D eigenvalue weighted by molar-refractivity contribution is -0.152. The van der Waals surface area contributed by atoms with E-state index in [1.165, 1.54) is 26.2 Å². The maximum Gasteiger partial charge on any atom is 0.508 e. The second-order valence-electron chi connectivity index (χ2n) is 8.66. The Morgan fingerprint density at radius 3 is 2.30 bits per heavy atom. The molecular weight excluding hydrogens is 384 g/mol. The fraction of sp³-hybridized carbons (Fsp3) is 0.667. The van der Waals surface area contributed by atoms with Gasteiger partial charge in [0.2, 0.25) is 0 Å². The van der Waals surface area contributed by atoms with Crippen LogP contribution in [0, 0.1) is 29.6 Å². The van der Waals surface area contributed by atoms with Crippen molar-refractivity contribution in [3.63, 3.8) is 0 Å². The first-order valence-electron chi connectivity index (χ1n) is 10.9. The fourth-order valence-corrected chi connectivity index (χ4v) is 4.28. The first-order valence-corrected chi connectivity index (χ1v) is 10.9. The topological polar surface area (TPSA) is 82.1 Å². The molecule has 7 atom stereocenters. The van der Waals surface area contributed by atoms with Gasteiger partial charge in [-0.05, 0) is 69.6 Å². The van der Waals surface area contributed by atoms with Crippen LogP contribution < -0.4 is 0 Å². The van der Waals surface area contributed by atoms with Crippen LogP contribution in [0.2, 0.25) is 0 Å². The number of hydrogen-bond acceptors (Lipinski definition) is 6. The summed E-state index contributed by atoms with van der Waals surface area (Å²) < 4.78 is 15.1. The summed E-state index contributed by atoms with van der Waals surface area (Å²) in [6, 6.07) is 0. The summed E-state index contributed by atoms with van der Waals surface area (Å²) in [5.74, 6) is 1.15. The number of carbonyl (C=O) groups is 2. The number of aliphatic hydroxyl groups is 1. The number of aliphatic hydroxyl groups excluding tert-OH is 1. The molecule has 0 radical (unpaired) electrons. The van der Waals surface area contributed by atoms with Crippen LogP contribution in [0.3, 0.4) is 0 Å². The summed E-state index contributed by atoms with van der Waals surface area (Å²) in [6.07, 6.45) is 11.4. The van der Waals surface area contributed by atoms with Gasteiger partial charge < -0.3 is 19.3 Å².